The smallest absolute Gasteiger partial charge is 0.203 e. The second-order valence-electron chi connectivity index (χ2n) is 5.44. The van der Waals surface area contributed by atoms with E-state index >= 15 is 0 Å². The van der Waals surface area contributed by atoms with Gasteiger partial charge in [0, 0.05) is 27.5 Å². The van der Waals surface area contributed by atoms with Crippen molar-refractivity contribution in [1.29, 1.82) is 0 Å². The summed E-state index contributed by atoms with van der Waals surface area (Å²) in [4.78, 5) is 13.8. The van der Waals surface area contributed by atoms with Gasteiger partial charge >= 0.3 is 0 Å². The molecule has 0 saturated heterocycles. The van der Waals surface area contributed by atoms with Gasteiger partial charge in [0.2, 0.25) is 5.13 Å². The first kappa shape index (κ1) is 18.0. The molecule has 25 heavy (non-hydrogen) atoms. The van der Waals surface area contributed by atoms with Gasteiger partial charge in [-0.05, 0) is 44.4 Å². The molecule has 2 N–H and O–H groups in total. The largest absolute Gasteiger partial charge is 0.374 e. The number of anilines is 1. The third-order valence-electron chi connectivity index (χ3n) is 3.79. The molecule has 0 unspecified atom stereocenters. The molecule has 0 spiro atoms. The highest BCUT2D eigenvalue weighted by Gasteiger charge is 2.17. The number of hydrogen-bond acceptors (Lipinski definition) is 7. The first-order valence-corrected chi connectivity index (χ1v) is 10.6. The fourth-order valence-electron chi connectivity index (χ4n) is 2.68. The number of hydrogen-bond donors (Lipinski definition) is 1. The van der Waals surface area contributed by atoms with Crippen LogP contribution in [0.1, 0.15) is 21.7 Å². The van der Waals surface area contributed by atoms with Gasteiger partial charge in [-0.1, -0.05) is 29.2 Å². The number of carbonyl (C=O) groups excluding carboxylic acids is 1. The van der Waals surface area contributed by atoms with Crippen LogP contribution in [-0.4, -0.2) is 32.6 Å². The highest BCUT2D eigenvalue weighted by atomic mass is 32.2. The van der Waals surface area contributed by atoms with Gasteiger partial charge in [-0.15, -0.1) is 22.0 Å². The van der Waals surface area contributed by atoms with Gasteiger partial charge in [0.1, 0.15) is 0 Å². The summed E-state index contributed by atoms with van der Waals surface area (Å²) in [7, 11) is 0. The number of thioether (sulfide) groups is 2. The average Bonchev–Trinajstić information content (AvgIpc) is 3.15. The number of nitrogens with zero attached hydrogens (tertiary/aromatic N) is 3. The van der Waals surface area contributed by atoms with Crippen molar-refractivity contribution >= 4 is 45.8 Å². The lowest BCUT2D eigenvalue weighted by Gasteiger charge is -2.11. The molecule has 0 radical (unpaired) electrons. The van der Waals surface area contributed by atoms with E-state index in [1.54, 1.807) is 11.8 Å². The van der Waals surface area contributed by atoms with Crippen molar-refractivity contribution in [3.05, 3.63) is 47.3 Å². The number of aryl methyl sites for hydroxylation is 1. The quantitative estimate of drug-likeness (QED) is 0.502. The number of nitrogens with two attached hydrogens (primary N) is 1. The lowest BCUT2D eigenvalue weighted by Crippen LogP contribution is -2.05. The van der Waals surface area contributed by atoms with Crippen LogP contribution in [-0.2, 0) is 0 Å². The monoisotopic (exact) mass is 390 g/mol. The van der Waals surface area contributed by atoms with Gasteiger partial charge in [-0.3, -0.25) is 4.79 Å². The summed E-state index contributed by atoms with van der Waals surface area (Å²) in [6.45, 7) is 4.01. The van der Waals surface area contributed by atoms with Crippen molar-refractivity contribution < 1.29 is 4.79 Å². The summed E-state index contributed by atoms with van der Waals surface area (Å²) in [6.07, 6.45) is 2.06. The van der Waals surface area contributed by atoms with Gasteiger partial charge in [-0.2, -0.15) is 0 Å². The normalized spacial score (nSPS) is 11.0. The minimum absolute atomic E-state index is 0.0825. The van der Waals surface area contributed by atoms with Crippen molar-refractivity contribution in [3.63, 3.8) is 0 Å². The van der Waals surface area contributed by atoms with E-state index in [1.807, 2.05) is 26.0 Å². The van der Waals surface area contributed by atoms with Crippen LogP contribution in [0.25, 0.3) is 5.69 Å². The predicted molar refractivity (Wildman–Crippen MR) is 106 cm³/mol. The van der Waals surface area contributed by atoms with Gasteiger partial charge in [0.05, 0.1) is 5.75 Å². The third kappa shape index (κ3) is 3.91. The average molecular weight is 391 g/mol. The molecular formula is C17H18N4OS3. The van der Waals surface area contributed by atoms with Crippen LogP contribution in [0.5, 0.6) is 0 Å². The Kier molecular flexibility index (Phi) is 5.51. The summed E-state index contributed by atoms with van der Waals surface area (Å²) in [6, 6.07) is 10.3. The lowest BCUT2D eigenvalue weighted by atomic mass is 10.2. The highest BCUT2D eigenvalue weighted by molar-refractivity contribution is 8.01. The maximum Gasteiger partial charge on any atom is 0.203 e. The second-order valence-corrected chi connectivity index (χ2v) is 8.55. The number of ketones is 1. The lowest BCUT2D eigenvalue weighted by molar-refractivity contribution is 0.102. The Hall–Kier alpha value is -1.77. The molecule has 3 rings (SSSR count). The van der Waals surface area contributed by atoms with Crippen LogP contribution in [0.2, 0.25) is 0 Å². The Morgan fingerprint density at radius 2 is 2.08 bits per heavy atom. The van der Waals surface area contributed by atoms with Crippen molar-refractivity contribution in [2.45, 2.75) is 23.1 Å². The molecule has 5 nitrogen and oxygen atoms in total. The fourth-order valence-corrected chi connectivity index (χ4v) is 4.65. The number of benzene rings is 1. The van der Waals surface area contributed by atoms with E-state index in [1.165, 1.54) is 28.0 Å². The van der Waals surface area contributed by atoms with E-state index in [-0.39, 0.29) is 5.78 Å². The number of Topliss-reactive ketones (excluding diaryl/α,β-unsaturated/α-hetero) is 1. The van der Waals surface area contributed by atoms with Gasteiger partial charge < -0.3 is 10.3 Å². The van der Waals surface area contributed by atoms with E-state index < -0.39 is 0 Å². The zero-order chi connectivity index (χ0) is 18.0. The molecule has 0 fully saturated rings. The maximum atomic E-state index is 12.7. The number of rotatable bonds is 6. The Balaban J connectivity index is 1.84. The van der Waals surface area contributed by atoms with Crippen molar-refractivity contribution in [3.8, 4) is 5.69 Å². The summed E-state index contributed by atoms with van der Waals surface area (Å²) in [5.74, 6) is 0.406. The summed E-state index contributed by atoms with van der Waals surface area (Å²) in [5, 5.41) is 8.13. The first-order chi connectivity index (χ1) is 12.0. The standard InChI is InChI=1S/C17H18N4OS3/c1-10-7-14(15(22)9-24-17-20-19-16(18)25-17)11(2)21(10)12-5-4-6-13(8-12)23-3/h4-8H,9H2,1-3H3,(H2,18,19). The zero-order valence-corrected chi connectivity index (χ0v) is 16.6. The zero-order valence-electron chi connectivity index (χ0n) is 14.1. The third-order valence-corrected chi connectivity index (χ3v) is 6.40. The van der Waals surface area contributed by atoms with E-state index in [0.717, 1.165) is 22.6 Å². The molecule has 0 aliphatic carbocycles. The molecule has 0 aliphatic rings. The van der Waals surface area contributed by atoms with Crippen molar-refractivity contribution in [2.24, 2.45) is 0 Å². The minimum atomic E-state index is 0.0825. The summed E-state index contributed by atoms with van der Waals surface area (Å²) >= 11 is 4.37. The Morgan fingerprint density at radius 3 is 2.76 bits per heavy atom. The SMILES string of the molecule is CSc1cccc(-n2c(C)cc(C(=O)CSc3nnc(N)s3)c2C)c1. The van der Waals surface area contributed by atoms with Crippen LogP contribution >= 0.6 is 34.9 Å². The summed E-state index contributed by atoms with van der Waals surface area (Å²) < 4.78 is 2.84. The van der Waals surface area contributed by atoms with E-state index in [4.69, 9.17) is 5.73 Å². The molecule has 0 saturated carbocycles. The van der Waals surface area contributed by atoms with Crippen molar-refractivity contribution in [2.75, 3.05) is 17.7 Å². The molecule has 3 aromatic rings. The van der Waals surface area contributed by atoms with Crippen LogP contribution in [0.4, 0.5) is 5.13 Å². The molecule has 0 bridgehead atoms. The number of nitrogen functional groups attached to an aromatic ring is 1. The fraction of sp³-hybridized carbons (Fsp3) is 0.235. The van der Waals surface area contributed by atoms with Gasteiger partial charge in [0.25, 0.3) is 0 Å². The maximum absolute atomic E-state index is 12.7. The molecule has 2 aromatic heterocycles. The topological polar surface area (TPSA) is 73.8 Å². The van der Waals surface area contributed by atoms with Crippen LogP contribution < -0.4 is 5.73 Å². The number of aromatic nitrogens is 3. The number of carbonyl (C=O) groups is 1. The van der Waals surface area contributed by atoms with E-state index in [9.17, 15) is 4.79 Å². The van der Waals surface area contributed by atoms with Gasteiger partial charge in [0.15, 0.2) is 10.1 Å². The van der Waals surface area contributed by atoms with Crippen LogP contribution in [0, 0.1) is 13.8 Å². The molecular weight excluding hydrogens is 372 g/mol. The highest BCUT2D eigenvalue weighted by Crippen LogP contribution is 2.27. The Morgan fingerprint density at radius 1 is 1.28 bits per heavy atom. The first-order valence-electron chi connectivity index (χ1n) is 7.58. The molecule has 2 heterocycles. The Bertz CT molecular complexity index is 917. The minimum Gasteiger partial charge on any atom is -0.374 e. The van der Waals surface area contributed by atoms with E-state index in [2.05, 4.69) is 39.2 Å². The second kappa shape index (κ2) is 7.63. The molecule has 0 amide bonds. The molecule has 0 atom stereocenters. The molecule has 8 heteroatoms. The predicted octanol–water partition coefficient (Wildman–Crippen LogP) is 4.22. The van der Waals surface area contributed by atoms with Crippen LogP contribution in [0.3, 0.4) is 0 Å². The molecule has 1 aromatic carbocycles. The Labute approximate surface area is 159 Å². The van der Waals surface area contributed by atoms with E-state index in [0.29, 0.717) is 15.2 Å². The van der Waals surface area contributed by atoms with Gasteiger partial charge in [-0.25, -0.2) is 0 Å². The summed E-state index contributed by atoms with van der Waals surface area (Å²) in [5.41, 5.74) is 9.40. The molecule has 0 aliphatic heterocycles. The van der Waals surface area contributed by atoms with Crippen molar-refractivity contribution in [1.82, 2.24) is 14.8 Å². The molecule has 130 valence electrons. The van der Waals surface area contributed by atoms with Crippen LogP contribution in [0.15, 0.2) is 39.6 Å².